The highest BCUT2D eigenvalue weighted by molar-refractivity contribution is 6.68. The molecule has 1 rings (SSSR count). The summed E-state index contributed by atoms with van der Waals surface area (Å²) in [4.78, 5) is 20.2. The maximum absolute atomic E-state index is 13.3. The van der Waals surface area contributed by atoms with Crippen LogP contribution in [0.3, 0.4) is 0 Å². The van der Waals surface area contributed by atoms with Gasteiger partial charge in [-0.25, -0.2) is 0 Å². The fraction of sp³-hybridized carbons (Fsp3) is 0.125. The molecule has 14 heavy (non-hydrogen) atoms. The summed E-state index contributed by atoms with van der Waals surface area (Å²) >= 11 is 5.09. The molecule has 6 heteroatoms. The second kappa shape index (κ2) is 3.71. The van der Waals surface area contributed by atoms with E-state index in [1.54, 1.807) is 0 Å². The van der Waals surface area contributed by atoms with Crippen LogP contribution in [0, 0.1) is 22.9 Å². The van der Waals surface area contributed by atoms with E-state index in [9.17, 15) is 19.3 Å². The van der Waals surface area contributed by atoms with Gasteiger partial charge in [-0.2, -0.15) is 4.39 Å². The van der Waals surface area contributed by atoms with Crippen molar-refractivity contribution in [2.45, 2.75) is 6.92 Å². The fourth-order valence-electron chi connectivity index (χ4n) is 1.04. The summed E-state index contributed by atoms with van der Waals surface area (Å²) < 4.78 is 13.3. The zero-order valence-electron chi connectivity index (χ0n) is 7.08. The number of hydrogen-bond acceptors (Lipinski definition) is 3. The molecular formula is C8H5ClFNO3. The lowest BCUT2D eigenvalue weighted by Crippen LogP contribution is -2.02. The Labute approximate surface area is 83.4 Å². The Bertz CT molecular complexity index is 419. The van der Waals surface area contributed by atoms with E-state index >= 15 is 0 Å². The van der Waals surface area contributed by atoms with Gasteiger partial charge in [0.15, 0.2) is 0 Å². The molecule has 1 aromatic rings. The molecule has 0 aliphatic carbocycles. The first-order valence-electron chi connectivity index (χ1n) is 3.58. The molecule has 0 heterocycles. The van der Waals surface area contributed by atoms with Crippen molar-refractivity contribution in [1.29, 1.82) is 0 Å². The van der Waals surface area contributed by atoms with E-state index < -0.39 is 27.2 Å². The molecule has 0 saturated carbocycles. The first-order valence-corrected chi connectivity index (χ1v) is 3.96. The lowest BCUT2D eigenvalue weighted by molar-refractivity contribution is -0.387. The minimum absolute atomic E-state index is 0.271. The first kappa shape index (κ1) is 10.6. The van der Waals surface area contributed by atoms with Gasteiger partial charge in [0.1, 0.15) is 0 Å². The van der Waals surface area contributed by atoms with Crippen molar-refractivity contribution in [1.82, 2.24) is 0 Å². The molecule has 0 fully saturated rings. The number of carbonyl (C=O) groups is 1. The summed E-state index contributed by atoms with van der Waals surface area (Å²) in [5.74, 6) is -1.19. The number of nitro benzene ring substituents is 1. The van der Waals surface area contributed by atoms with Gasteiger partial charge in [0, 0.05) is 6.07 Å². The summed E-state index contributed by atoms with van der Waals surface area (Å²) in [6.07, 6.45) is 0. The van der Waals surface area contributed by atoms with Gasteiger partial charge in [-0.1, -0.05) is 6.07 Å². The molecule has 1 aromatic carbocycles. The Hall–Kier alpha value is -1.49. The minimum Gasteiger partial charge on any atom is -0.275 e. The maximum atomic E-state index is 13.3. The van der Waals surface area contributed by atoms with Crippen LogP contribution in [-0.2, 0) is 0 Å². The Morgan fingerprint density at radius 2 is 2.14 bits per heavy atom. The Morgan fingerprint density at radius 3 is 2.57 bits per heavy atom. The van der Waals surface area contributed by atoms with Crippen LogP contribution in [0.5, 0.6) is 0 Å². The van der Waals surface area contributed by atoms with Crippen molar-refractivity contribution in [2.24, 2.45) is 0 Å². The zero-order chi connectivity index (χ0) is 10.9. The molecule has 0 aliphatic rings. The van der Waals surface area contributed by atoms with Gasteiger partial charge in [-0.3, -0.25) is 14.9 Å². The summed E-state index contributed by atoms with van der Waals surface area (Å²) in [6, 6.07) is 2.27. The third kappa shape index (κ3) is 1.72. The summed E-state index contributed by atoms with van der Waals surface area (Å²) in [6.45, 7) is 1.45. The lowest BCUT2D eigenvalue weighted by Gasteiger charge is -2.01. The molecule has 0 N–H and O–H groups in total. The van der Waals surface area contributed by atoms with Crippen LogP contribution in [0.1, 0.15) is 15.9 Å². The number of nitrogens with zero attached hydrogens (tertiary/aromatic N) is 1. The Balaban J connectivity index is 3.49. The van der Waals surface area contributed by atoms with Crippen molar-refractivity contribution in [2.75, 3.05) is 0 Å². The number of halogens is 2. The van der Waals surface area contributed by atoms with Gasteiger partial charge in [0.25, 0.3) is 5.24 Å². The maximum Gasteiger partial charge on any atom is 0.305 e. The van der Waals surface area contributed by atoms with Crippen LogP contribution in [-0.4, -0.2) is 10.2 Å². The molecule has 0 radical (unpaired) electrons. The standard InChI is InChI=1S/C8H5ClFNO3/c1-4-2-3-5(11(13)14)7(10)6(4)8(9)12/h2-3H,1H3. The Morgan fingerprint density at radius 1 is 1.57 bits per heavy atom. The third-order valence-electron chi connectivity index (χ3n) is 1.72. The van der Waals surface area contributed by atoms with Gasteiger partial charge in [-0.05, 0) is 24.1 Å². The van der Waals surface area contributed by atoms with Crippen LogP contribution in [0.15, 0.2) is 12.1 Å². The third-order valence-corrected chi connectivity index (χ3v) is 1.91. The average molecular weight is 218 g/mol. The number of rotatable bonds is 2. The molecule has 0 aliphatic heterocycles. The molecule has 0 saturated heterocycles. The topological polar surface area (TPSA) is 60.2 Å². The largest absolute Gasteiger partial charge is 0.305 e. The van der Waals surface area contributed by atoms with E-state index in [0.29, 0.717) is 0 Å². The SMILES string of the molecule is Cc1ccc([N+](=O)[O-])c(F)c1C(=O)Cl. The molecule has 74 valence electrons. The molecule has 0 unspecified atom stereocenters. The molecule has 0 aromatic heterocycles. The van der Waals surface area contributed by atoms with E-state index in [-0.39, 0.29) is 5.56 Å². The number of nitro groups is 1. The van der Waals surface area contributed by atoms with E-state index in [1.165, 1.54) is 13.0 Å². The predicted molar refractivity (Wildman–Crippen MR) is 48.0 cm³/mol. The van der Waals surface area contributed by atoms with Crippen molar-refractivity contribution < 1.29 is 14.1 Å². The van der Waals surface area contributed by atoms with Gasteiger partial charge in [-0.15, -0.1) is 0 Å². The van der Waals surface area contributed by atoms with Gasteiger partial charge in [0.2, 0.25) is 5.82 Å². The second-order valence-corrected chi connectivity index (χ2v) is 2.96. The zero-order valence-corrected chi connectivity index (χ0v) is 7.84. The van der Waals surface area contributed by atoms with Crippen LogP contribution in [0.4, 0.5) is 10.1 Å². The van der Waals surface area contributed by atoms with Crippen LogP contribution in [0.2, 0.25) is 0 Å². The summed E-state index contributed by atoms with van der Waals surface area (Å²) in [5, 5.41) is 9.28. The number of carbonyl (C=O) groups excluding carboxylic acids is 1. The number of hydrogen-bond donors (Lipinski definition) is 0. The first-order chi connectivity index (χ1) is 6.45. The van der Waals surface area contributed by atoms with Crippen molar-refractivity contribution in [3.63, 3.8) is 0 Å². The normalized spacial score (nSPS) is 9.93. The second-order valence-electron chi connectivity index (χ2n) is 2.62. The smallest absolute Gasteiger partial charge is 0.275 e. The molecule has 0 bridgehead atoms. The van der Waals surface area contributed by atoms with Crippen molar-refractivity contribution in [3.8, 4) is 0 Å². The summed E-state index contributed by atoms with van der Waals surface area (Å²) in [7, 11) is 0. The van der Waals surface area contributed by atoms with Gasteiger partial charge >= 0.3 is 5.69 Å². The molecule has 4 nitrogen and oxygen atoms in total. The average Bonchev–Trinajstić information content (AvgIpc) is 2.02. The quantitative estimate of drug-likeness (QED) is 0.434. The van der Waals surface area contributed by atoms with Crippen LogP contribution < -0.4 is 0 Å². The Kier molecular flexibility index (Phi) is 2.81. The van der Waals surface area contributed by atoms with Crippen LogP contribution in [0.25, 0.3) is 0 Å². The highest BCUT2D eigenvalue weighted by Crippen LogP contribution is 2.24. The van der Waals surface area contributed by atoms with E-state index in [0.717, 1.165) is 6.07 Å². The molecule has 0 atom stereocenters. The fourth-order valence-corrected chi connectivity index (χ4v) is 1.28. The van der Waals surface area contributed by atoms with Gasteiger partial charge < -0.3 is 0 Å². The van der Waals surface area contributed by atoms with E-state index in [4.69, 9.17) is 11.6 Å². The highest BCUT2D eigenvalue weighted by atomic mass is 35.5. The number of aryl methyl sites for hydroxylation is 1. The van der Waals surface area contributed by atoms with Crippen molar-refractivity contribution >= 4 is 22.5 Å². The lowest BCUT2D eigenvalue weighted by atomic mass is 10.1. The van der Waals surface area contributed by atoms with Gasteiger partial charge in [0.05, 0.1) is 10.5 Å². The minimum atomic E-state index is -1.19. The number of benzene rings is 1. The van der Waals surface area contributed by atoms with Crippen LogP contribution >= 0.6 is 11.6 Å². The molecule has 0 amide bonds. The monoisotopic (exact) mass is 217 g/mol. The molecule has 0 spiro atoms. The van der Waals surface area contributed by atoms with E-state index in [2.05, 4.69) is 0 Å². The van der Waals surface area contributed by atoms with Crippen molar-refractivity contribution in [3.05, 3.63) is 39.2 Å². The molecular weight excluding hydrogens is 213 g/mol. The summed E-state index contributed by atoms with van der Waals surface area (Å²) in [5.41, 5.74) is -0.923. The predicted octanol–water partition coefficient (Wildman–Crippen LogP) is 2.42. The van der Waals surface area contributed by atoms with E-state index in [1.807, 2.05) is 0 Å². The highest BCUT2D eigenvalue weighted by Gasteiger charge is 2.22.